The molecule has 0 amide bonds. The van der Waals surface area contributed by atoms with Gasteiger partial charge < -0.3 is 25.6 Å². The Morgan fingerprint density at radius 1 is 1.15 bits per heavy atom. The van der Waals surface area contributed by atoms with Crippen molar-refractivity contribution in [1.82, 2.24) is 24.6 Å². The number of methoxy groups -OCH3 is 1. The van der Waals surface area contributed by atoms with Crippen LogP contribution >= 0.6 is 0 Å². The van der Waals surface area contributed by atoms with E-state index in [9.17, 15) is 18.4 Å². The highest BCUT2D eigenvalue weighted by atomic mass is 19.4. The molecule has 39 heavy (non-hydrogen) atoms. The summed E-state index contributed by atoms with van der Waals surface area (Å²) in [4.78, 5) is 12.1. The van der Waals surface area contributed by atoms with E-state index < -0.39 is 17.6 Å². The summed E-state index contributed by atoms with van der Waals surface area (Å²) in [7, 11) is 7.33. The molecule has 0 unspecified atom stereocenters. The smallest absolute Gasteiger partial charge is 0.421 e. The highest BCUT2D eigenvalue weighted by Crippen LogP contribution is 2.38. The van der Waals surface area contributed by atoms with Gasteiger partial charge >= 0.3 is 6.18 Å². The average molecular weight is 540 g/mol. The van der Waals surface area contributed by atoms with Crippen LogP contribution in [0.1, 0.15) is 16.8 Å². The van der Waals surface area contributed by atoms with E-state index in [-0.39, 0.29) is 5.95 Å². The van der Waals surface area contributed by atoms with E-state index in [0.29, 0.717) is 52.0 Å². The van der Waals surface area contributed by atoms with E-state index in [1.807, 2.05) is 37.0 Å². The Hall–Kier alpha value is -4.57. The first-order valence-electron chi connectivity index (χ1n) is 11.9. The number of nitrogens with zero attached hydrogens (tertiary/aromatic N) is 7. The van der Waals surface area contributed by atoms with Gasteiger partial charge in [0.15, 0.2) is 5.82 Å². The second-order valence-corrected chi connectivity index (χ2v) is 9.23. The maximum Gasteiger partial charge on any atom is 0.421 e. The lowest BCUT2D eigenvalue weighted by Gasteiger charge is -2.24. The van der Waals surface area contributed by atoms with Crippen molar-refractivity contribution >= 4 is 33.9 Å². The summed E-state index contributed by atoms with van der Waals surface area (Å²) in [6, 6.07) is 10.0. The van der Waals surface area contributed by atoms with Crippen molar-refractivity contribution in [3.8, 4) is 17.6 Å². The van der Waals surface area contributed by atoms with Crippen molar-refractivity contribution in [2.24, 2.45) is 0 Å². The molecule has 4 aromatic rings. The Kier molecular flexibility index (Phi) is 7.51. The minimum Gasteiger partial charge on any atom is -0.494 e. The van der Waals surface area contributed by atoms with Gasteiger partial charge in [0.2, 0.25) is 5.95 Å². The van der Waals surface area contributed by atoms with Crippen molar-refractivity contribution in [3.63, 3.8) is 0 Å². The van der Waals surface area contributed by atoms with Crippen LogP contribution in [-0.4, -0.2) is 66.0 Å². The molecule has 0 bridgehead atoms. The number of nitriles is 1. The SMILES string of the molecule is COc1cc(N(C)CCN(C)C)c(N)cc1Nc1ncc(C(F)(F)F)c(-n2nc(C)c3cc(C#N)ccc32)n1. The third-order valence-corrected chi connectivity index (χ3v) is 6.16. The normalized spacial score (nSPS) is 11.6. The molecule has 0 radical (unpaired) electrons. The third-order valence-electron chi connectivity index (χ3n) is 6.16. The maximum absolute atomic E-state index is 14.0. The van der Waals surface area contributed by atoms with Gasteiger partial charge in [-0.3, -0.25) is 0 Å². The lowest BCUT2D eigenvalue weighted by Crippen LogP contribution is -2.29. The van der Waals surface area contributed by atoms with Crippen LogP contribution in [0.25, 0.3) is 16.7 Å². The predicted octanol–water partition coefficient (Wildman–Crippen LogP) is 4.35. The first kappa shape index (κ1) is 27.5. The molecule has 204 valence electrons. The van der Waals surface area contributed by atoms with E-state index in [4.69, 9.17) is 10.5 Å². The first-order chi connectivity index (χ1) is 18.4. The molecule has 0 aliphatic carbocycles. The average Bonchev–Trinajstić information content (AvgIpc) is 3.22. The van der Waals surface area contributed by atoms with Gasteiger partial charge in [0.05, 0.1) is 47.0 Å². The lowest BCUT2D eigenvalue weighted by molar-refractivity contribution is -0.138. The van der Waals surface area contributed by atoms with Crippen molar-refractivity contribution in [2.75, 3.05) is 57.3 Å². The van der Waals surface area contributed by atoms with Crippen LogP contribution in [0.4, 0.5) is 36.2 Å². The van der Waals surface area contributed by atoms with E-state index in [1.54, 1.807) is 31.2 Å². The zero-order valence-electron chi connectivity index (χ0n) is 22.1. The molecule has 0 saturated carbocycles. The Morgan fingerprint density at radius 3 is 2.54 bits per heavy atom. The molecule has 0 fully saturated rings. The molecular formula is C26H28F3N9O. The summed E-state index contributed by atoms with van der Waals surface area (Å²) in [5.41, 5.74) is 8.00. The number of anilines is 4. The number of aryl methyl sites for hydroxylation is 1. The number of fused-ring (bicyclic) bond motifs is 1. The molecule has 10 nitrogen and oxygen atoms in total. The largest absolute Gasteiger partial charge is 0.494 e. The predicted molar refractivity (Wildman–Crippen MR) is 144 cm³/mol. The Bertz CT molecular complexity index is 1560. The zero-order chi connectivity index (χ0) is 28.5. The van der Waals surface area contributed by atoms with Gasteiger partial charge in [-0.05, 0) is 45.3 Å². The summed E-state index contributed by atoms with van der Waals surface area (Å²) in [6.07, 6.45) is -4.04. The number of hydrogen-bond donors (Lipinski definition) is 2. The number of nitrogens with one attached hydrogen (secondary N) is 1. The van der Waals surface area contributed by atoms with Gasteiger partial charge in [0, 0.05) is 37.8 Å². The number of nitrogen functional groups attached to an aromatic ring is 1. The van der Waals surface area contributed by atoms with Gasteiger partial charge in [-0.2, -0.15) is 28.5 Å². The number of hydrogen-bond acceptors (Lipinski definition) is 9. The standard InChI is InChI=1S/C26H28F3N9O/c1-15-17-10-16(13-30)6-7-21(17)38(35-15)24-18(26(27,28)29)14-32-25(34-24)33-20-11-19(31)22(12-23(20)39-5)37(4)9-8-36(2)3/h6-7,10-12,14H,8-9,31H2,1-5H3,(H,32,33,34). The monoisotopic (exact) mass is 539 g/mol. The van der Waals surface area contributed by atoms with Crippen LogP contribution in [0.3, 0.4) is 0 Å². The van der Waals surface area contributed by atoms with Crippen LogP contribution in [0.5, 0.6) is 5.75 Å². The fourth-order valence-electron chi connectivity index (χ4n) is 4.07. The molecule has 0 atom stereocenters. The molecule has 0 saturated heterocycles. The number of likely N-dealkylation sites (N-methyl/N-ethyl adjacent to an activating group) is 2. The highest BCUT2D eigenvalue weighted by Gasteiger charge is 2.36. The van der Waals surface area contributed by atoms with Crippen LogP contribution in [-0.2, 0) is 6.18 Å². The van der Waals surface area contributed by atoms with Gasteiger partial charge in [0.25, 0.3) is 0 Å². The number of aromatic nitrogens is 4. The quantitative estimate of drug-likeness (QED) is 0.315. The molecular weight excluding hydrogens is 511 g/mol. The lowest BCUT2D eigenvalue weighted by atomic mass is 10.1. The third kappa shape index (κ3) is 5.65. The van der Waals surface area contributed by atoms with Crippen LogP contribution in [0, 0.1) is 18.3 Å². The topological polar surface area (TPSA) is 121 Å². The molecule has 2 heterocycles. The summed E-state index contributed by atoms with van der Waals surface area (Å²) in [5, 5.41) is 17.0. The summed E-state index contributed by atoms with van der Waals surface area (Å²) in [5.74, 6) is -0.167. The summed E-state index contributed by atoms with van der Waals surface area (Å²) in [6.45, 7) is 3.17. The molecule has 4 rings (SSSR count). The molecule has 0 spiro atoms. The summed E-state index contributed by atoms with van der Waals surface area (Å²) >= 11 is 0. The Morgan fingerprint density at radius 2 is 1.90 bits per heavy atom. The minimum absolute atomic E-state index is 0.112. The minimum atomic E-state index is -4.74. The maximum atomic E-state index is 14.0. The number of nitrogens with two attached hydrogens (primary N) is 1. The Labute approximate surface area is 223 Å². The van der Waals surface area contributed by atoms with Gasteiger partial charge in [-0.15, -0.1) is 0 Å². The first-order valence-corrected chi connectivity index (χ1v) is 11.9. The molecule has 3 N–H and O–H groups in total. The highest BCUT2D eigenvalue weighted by molar-refractivity contribution is 5.85. The fourth-order valence-corrected chi connectivity index (χ4v) is 4.07. The number of alkyl halides is 3. The van der Waals surface area contributed by atoms with E-state index >= 15 is 0 Å². The molecule has 2 aromatic carbocycles. The molecule has 0 aliphatic heterocycles. The number of ether oxygens (including phenoxy) is 1. The second-order valence-electron chi connectivity index (χ2n) is 9.23. The van der Waals surface area contributed by atoms with Crippen molar-refractivity contribution in [2.45, 2.75) is 13.1 Å². The van der Waals surface area contributed by atoms with Crippen molar-refractivity contribution < 1.29 is 17.9 Å². The van der Waals surface area contributed by atoms with Crippen LogP contribution in [0.15, 0.2) is 36.5 Å². The van der Waals surface area contributed by atoms with E-state index in [0.717, 1.165) is 16.9 Å². The van der Waals surface area contributed by atoms with Crippen molar-refractivity contribution in [1.29, 1.82) is 5.26 Å². The van der Waals surface area contributed by atoms with Crippen LogP contribution in [0.2, 0.25) is 0 Å². The second kappa shape index (κ2) is 10.7. The molecule has 2 aromatic heterocycles. The Balaban J connectivity index is 1.78. The molecule has 13 heteroatoms. The van der Waals surface area contributed by atoms with Gasteiger partial charge in [-0.25, -0.2) is 9.67 Å². The zero-order valence-corrected chi connectivity index (χ0v) is 22.1. The van der Waals surface area contributed by atoms with Crippen LogP contribution < -0.4 is 20.7 Å². The van der Waals surface area contributed by atoms with Crippen molar-refractivity contribution in [3.05, 3.63) is 53.3 Å². The number of benzene rings is 2. The number of rotatable bonds is 8. The van der Waals surface area contributed by atoms with E-state index in [1.165, 1.54) is 13.2 Å². The summed E-state index contributed by atoms with van der Waals surface area (Å²) < 4.78 is 48.6. The number of halogens is 3. The van der Waals surface area contributed by atoms with E-state index in [2.05, 4.69) is 20.4 Å². The van der Waals surface area contributed by atoms with Gasteiger partial charge in [0.1, 0.15) is 11.3 Å². The van der Waals surface area contributed by atoms with Gasteiger partial charge in [-0.1, -0.05) is 0 Å². The molecule has 0 aliphatic rings. The fraction of sp³-hybridized carbons (Fsp3) is 0.308.